The Morgan fingerprint density at radius 3 is 2.10 bits per heavy atom. The van der Waals surface area contributed by atoms with Gasteiger partial charge in [0.05, 0.1) is 5.75 Å². The zero-order valence-electron chi connectivity index (χ0n) is 17.2. The van der Waals surface area contributed by atoms with Crippen molar-refractivity contribution in [2.45, 2.75) is 6.61 Å². The highest BCUT2D eigenvalue weighted by atomic mass is 32.2. The van der Waals surface area contributed by atoms with Crippen LogP contribution in [0.3, 0.4) is 0 Å². The van der Waals surface area contributed by atoms with E-state index in [0.29, 0.717) is 45.1 Å². The zero-order chi connectivity index (χ0) is 21.4. The third-order valence-corrected chi connectivity index (χ3v) is 5.86. The SMILES string of the molecule is CS(=O)(=O)CCN1CCN(C(=O)COc2ccc(OCc3ccccc3)cc2)CC1. The van der Waals surface area contributed by atoms with Crippen LogP contribution in [-0.4, -0.2) is 75.5 Å². The van der Waals surface area contributed by atoms with Crippen LogP contribution < -0.4 is 9.47 Å². The van der Waals surface area contributed by atoms with Crippen molar-refractivity contribution in [3.05, 3.63) is 60.2 Å². The lowest BCUT2D eigenvalue weighted by Gasteiger charge is -2.34. The smallest absolute Gasteiger partial charge is 0.260 e. The minimum atomic E-state index is -2.96. The van der Waals surface area contributed by atoms with Gasteiger partial charge >= 0.3 is 0 Å². The molecular formula is C22H28N2O5S. The molecule has 2 aromatic carbocycles. The summed E-state index contributed by atoms with van der Waals surface area (Å²) in [6.07, 6.45) is 1.24. The fourth-order valence-corrected chi connectivity index (χ4v) is 3.71. The molecule has 1 aliphatic heterocycles. The van der Waals surface area contributed by atoms with Gasteiger partial charge in [-0.15, -0.1) is 0 Å². The molecule has 8 heteroatoms. The van der Waals surface area contributed by atoms with Crippen LogP contribution in [0.4, 0.5) is 0 Å². The summed E-state index contributed by atoms with van der Waals surface area (Å²) >= 11 is 0. The molecule has 30 heavy (non-hydrogen) atoms. The fraction of sp³-hybridized carbons (Fsp3) is 0.409. The van der Waals surface area contributed by atoms with Gasteiger partial charge in [-0.1, -0.05) is 30.3 Å². The first-order valence-electron chi connectivity index (χ1n) is 9.96. The molecule has 0 saturated carbocycles. The second-order valence-electron chi connectivity index (χ2n) is 7.39. The Labute approximate surface area is 178 Å². The summed E-state index contributed by atoms with van der Waals surface area (Å²) in [5.41, 5.74) is 1.10. The van der Waals surface area contributed by atoms with Gasteiger partial charge in [0.15, 0.2) is 6.61 Å². The Bertz CT molecular complexity index is 908. The van der Waals surface area contributed by atoms with Crippen LogP contribution in [0.1, 0.15) is 5.56 Å². The number of carbonyl (C=O) groups excluding carboxylic acids is 1. The molecule has 0 bridgehead atoms. The van der Waals surface area contributed by atoms with Crippen molar-refractivity contribution in [2.75, 3.05) is 51.3 Å². The van der Waals surface area contributed by atoms with Crippen LogP contribution in [0, 0.1) is 0 Å². The van der Waals surface area contributed by atoms with Crippen LogP contribution in [0.15, 0.2) is 54.6 Å². The number of rotatable bonds is 9. The number of carbonyl (C=O) groups is 1. The Kier molecular flexibility index (Phi) is 7.70. The van der Waals surface area contributed by atoms with E-state index in [4.69, 9.17) is 9.47 Å². The van der Waals surface area contributed by atoms with Gasteiger partial charge in [0.25, 0.3) is 5.91 Å². The molecule has 3 rings (SSSR count). The largest absolute Gasteiger partial charge is 0.489 e. The van der Waals surface area contributed by atoms with Gasteiger partial charge in [-0.2, -0.15) is 0 Å². The van der Waals surface area contributed by atoms with Gasteiger partial charge in [0.1, 0.15) is 27.9 Å². The number of piperazine rings is 1. The van der Waals surface area contributed by atoms with E-state index >= 15 is 0 Å². The van der Waals surface area contributed by atoms with Crippen molar-refractivity contribution in [1.29, 1.82) is 0 Å². The summed E-state index contributed by atoms with van der Waals surface area (Å²) in [4.78, 5) is 16.2. The number of hydrogen-bond donors (Lipinski definition) is 0. The monoisotopic (exact) mass is 432 g/mol. The third-order valence-electron chi connectivity index (χ3n) is 4.94. The third kappa shape index (κ3) is 7.35. The molecule has 1 amide bonds. The van der Waals surface area contributed by atoms with Crippen LogP contribution in [0.5, 0.6) is 11.5 Å². The highest BCUT2D eigenvalue weighted by Gasteiger charge is 2.21. The lowest BCUT2D eigenvalue weighted by atomic mass is 10.2. The molecule has 0 aromatic heterocycles. The average Bonchev–Trinajstić information content (AvgIpc) is 2.76. The van der Waals surface area contributed by atoms with E-state index in [2.05, 4.69) is 4.90 Å². The first-order valence-corrected chi connectivity index (χ1v) is 12.0. The summed E-state index contributed by atoms with van der Waals surface area (Å²) in [6.45, 7) is 3.50. The van der Waals surface area contributed by atoms with Gasteiger partial charge in [0.2, 0.25) is 0 Å². The van der Waals surface area contributed by atoms with E-state index in [0.717, 1.165) is 11.3 Å². The maximum atomic E-state index is 12.4. The lowest BCUT2D eigenvalue weighted by Crippen LogP contribution is -2.50. The number of ether oxygens (including phenoxy) is 2. The summed E-state index contributed by atoms with van der Waals surface area (Å²) < 4.78 is 33.9. The molecule has 1 fully saturated rings. The number of benzene rings is 2. The lowest BCUT2D eigenvalue weighted by molar-refractivity contribution is -0.135. The molecule has 0 N–H and O–H groups in total. The number of nitrogens with zero attached hydrogens (tertiary/aromatic N) is 2. The van der Waals surface area contributed by atoms with Crippen molar-refractivity contribution < 1.29 is 22.7 Å². The molecule has 7 nitrogen and oxygen atoms in total. The Morgan fingerprint density at radius 2 is 1.50 bits per heavy atom. The second-order valence-corrected chi connectivity index (χ2v) is 9.65. The van der Waals surface area contributed by atoms with Crippen molar-refractivity contribution >= 4 is 15.7 Å². The molecular weight excluding hydrogens is 404 g/mol. The minimum Gasteiger partial charge on any atom is -0.489 e. The first-order chi connectivity index (χ1) is 14.4. The van der Waals surface area contributed by atoms with E-state index in [9.17, 15) is 13.2 Å². The molecule has 2 aromatic rings. The maximum Gasteiger partial charge on any atom is 0.260 e. The van der Waals surface area contributed by atoms with Crippen LogP contribution in [0.25, 0.3) is 0 Å². The van der Waals surface area contributed by atoms with Gasteiger partial charge in [0, 0.05) is 39.0 Å². The minimum absolute atomic E-state index is 0.0203. The zero-order valence-corrected chi connectivity index (χ0v) is 18.0. The Balaban J connectivity index is 1.37. The normalized spacial score (nSPS) is 15.0. The molecule has 0 aliphatic carbocycles. The van der Waals surface area contributed by atoms with Crippen LogP contribution in [-0.2, 0) is 21.2 Å². The average molecular weight is 433 g/mol. The quantitative estimate of drug-likeness (QED) is 0.602. The summed E-state index contributed by atoms with van der Waals surface area (Å²) in [5, 5.41) is 0. The van der Waals surface area contributed by atoms with Crippen molar-refractivity contribution in [3.8, 4) is 11.5 Å². The van der Waals surface area contributed by atoms with Crippen molar-refractivity contribution in [3.63, 3.8) is 0 Å². The summed E-state index contributed by atoms with van der Waals surface area (Å²) in [7, 11) is -2.96. The molecule has 1 aliphatic rings. The fourth-order valence-electron chi connectivity index (χ4n) is 3.13. The Morgan fingerprint density at radius 1 is 0.900 bits per heavy atom. The first kappa shape index (κ1) is 22.1. The predicted molar refractivity (Wildman–Crippen MR) is 115 cm³/mol. The van der Waals surface area contributed by atoms with E-state index in [1.165, 1.54) is 6.26 Å². The molecule has 0 unspecified atom stereocenters. The van der Waals surface area contributed by atoms with Gasteiger partial charge in [-0.05, 0) is 29.8 Å². The van der Waals surface area contributed by atoms with Crippen LogP contribution in [0.2, 0.25) is 0 Å². The predicted octanol–water partition coefficient (Wildman–Crippen LogP) is 1.83. The summed E-state index contributed by atoms with van der Waals surface area (Å²) in [6, 6.07) is 17.2. The number of sulfone groups is 1. The Hall–Kier alpha value is -2.58. The topological polar surface area (TPSA) is 76.2 Å². The van der Waals surface area contributed by atoms with E-state index in [-0.39, 0.29) is 18.3 Å². The van der Waals surface area contributed by atoms with Crippen LogP contribution >= 0.6 is 0 Å². The number of amides is 1. The highest BCUT2D eigenvalue weighted by Crippen LogP contribution is 2.19. The van der Waals surface area contributed by atoms with Gasteiger partial charge in [-0.25, -0.2) is 8.42 Å². The van der Waals surface area contributed by atoms with E-state index in [1.807, 2.05) is 42.5 Å². The van der Waals surface area contributed by atoms with Crippen molar-refractivity contribution in [2.24, 2.45) is 0 Å². The standard InChI is InChI=1S/C22H28N2O5S/c1-30(26,27)16-15-23-11-13-24(14-12-23)22(25)18-29-21-9-7-20(8-10-21)28-17-19-5-3-2-4-6-19/h2-10H,11-18H2,1H3. The van der Waals surface area contributed by atoms with Crippen molar-refractivity contribution in [1.82, 2.24) is 9.80 Å². The van der Waals surface area contributed by atoms with Gasteiger partial charge in [-0.3, -0.25) is 9.69 Å². The molecule has 1 heterocycles. The number of hydrogen-bond acceptors (Lipinski definition) is 6. The second kappa shape index (κ2) is 10.4. The summed E-state index contributed by atoms with van der Waals surface area (Å²) in [5.74, 6) is 1.43. The molecule has 162 valence electrons. The highest BCUT2D eigenvalue weighted by molar-refractivity contribution is 7.90. The molecule has 0 atom stereocenters. The van der Waals surface area contributed by atoms with Gasteiger partial charge < -0.3 is 14.4 Å². The van der Waals surface area contributed by atoms with E-state index in [1.54, 1.807) is 17.0 Å². The molecule has 0 spiro atoms. The molecule has 0 radical (unpaired) electrons. The molecule has 1 saturated heterocycles. The van der Waals surface area contributed by atoms with E-state index < -0.39 is 9.84 Å². The maximum absolute atomic E-state index is 12.4.